The van der Waals surface area contributed by atoms with Gasteiger partial charge in [-0.2, -0.15) is 5.26 Å². The van der Waals surface area contributed by atoms with Gasteiger partial charge in [-0.05, 0) is 11.1 Å². The highest BCUT2D eigenvalue weighted by atomic mass is 15.1. The molecule has 3 aromatic rings. The highest BCUT2D eigenvalue weighted by Crippen LogP contribution is 2.33. The maximum absolute atomic E-state index is 9.58. The molecule has 1 aromatic carbocycles. The number of hydrogen-bond donors (Lipinski definition) is 3. The monoisotopic (exact) mass is 357 g/mol. The van der Waals surface area contributed by atoms with Gasteiger partial charge in [0.25, 0.3) is 0 Å². The van der Waals surface area contributed by atoms with Gasteiger partial charge in [-0.25, -0.2) is 15.0 Å². The molecule has 4 rings (SSSR count). The van der Waals surface area contributed by atoms with E-state index >= 15 is 0 Å². The van der Waals surface area contributed by atoms with Crippen molar-refractivity contribution in [3.05, 3.63) is 65.1 Å². The number of aromatic nitrogens is 3. The van der Waals surface area contributed by atoms with Crippen LogP contribution in [0.4, 0.5) is 11.8 Å². The Kier molecular flexibility index (Phi) is 4.64. The third kappa shape index (κ3) is 3.43. The van der Waals surface area contributed by atoms with Gasteiger partial charge in [-0.1, -0.05) is 30.3 Å². The fourth-order valence-electron chi connectivity index (χ4n) is 3.27. The molecule has 7 heteroatoms. The molecule has 1 aliphatic heterocycles. The number of anilines is 2. The topological polar surface area (TPSA) is 113 Å². The SMILES string of the molecule is N#Cc1c(N)nc2c(c1-c1cnc(NCc3ccccc3)nc1)CNCC2. The molecular weight excluding hydrogens is 338 g/mol. The average Bonchev–Trinajstić information content (AvgIpc) is 2.72. The Bertz CT molecular complexity index is 992. The molecule has 0 atom stereocenters. The van der Waals surface area contributed by atoms with E-state index in [9.17, 15) is 5.26 Å². The smallest absolute Gasteiger partial charge is 0.222 e. The molecule has 2 aromatic heterocycles. The summed E-state index contributed by atoms with van der Waals surface area (Å²) in [6.45, 7) is 2.15. The van der Waals surface area contributed by atoms with E-state index in [1.54, 1.807) is 12.4 Å². The highest BCUT2D eigenvalue weighted by Gasteiger charge is 2.22. The van der Waals surface area contributed by atoms with Crippen molar-refractivity contribution in [1.82, 2.24) is 20.3 Å². The maximum atomic E-state index is 9.58. The van der Waals surface area contributed by atoms with Crippen molar-refractivity contribution in [2.75, 3.05) is 17.6 Å². The van der Waals surface area contributed by atoms with Crippen molar-refractivity contribution in [3.8, 4) is 17.2 Å². The maximum Gasteiger partial charge on any atom is 0.222 e. The average molecular weight is 357 g/mol. The molecule has 0 amide bonds. The number of nitrogens with one attached hydrogen (secondary N) is 2. The van der Waals surface area contributed by atoms with Gasteiger partial charge in [-0.15, -0.1) is 0 Å². The molecule has 134 valence electrons. The molecule has 0 saturated heterocycles. The van der Waals surface area contributed by atoms with E-state index in [0.717, 1.165) is 40.9 Å². The number of rotatable bonds is 4. The lowest BCUT2D eigenvalue weighted by atomic mass is 9.93. The van der Waals surface area contributed by atoms with Gasteiger partial charge in [-0.3, -0.25) is 0 Å². The Morgan fingerprint density at radius 3 is 2.70 bits per heavy atom. The van der Waals surface area contributed by atoms with Crippen LogP contribution in [0.3, 0.4) is 0 Å². The van der Waals surface area contributed by atoms with Crippen LogP contribution in [0.15, 0.2) is 42.7 Å². The number of nitrogen functional groups attached to an aromatic ring is 1. The van der Waals surface area contributed by atoms with E-state index in [-0.39, 0.29) is 5.82 Å². The Balaban J connectivity index is 1.64. The summed E-state index contributed by atoms with van der Waals surface area (Å²) in [5.74, 6) is 0.801. The molecule has 0 radical (unpaired) electrons. The Morgan fingerprint density at radius 1 is 1.19 bits per heavy atom. The van der Waals surface area contributed by atoms with E-state index in [1.165, 1.54) is 0 Å². The van der Waals surface area contributed by atoms with E-state index in [2.05, 4.69) is 31.7 Å². The molecule has 0 fully saturated rings. The summed E-state index contributed by atoms with van der Waals surface area (Å²) < 4.78 is 0. The quantitative estimate of drug-likeness (QED) is 0.656. The van der Waals surface area contributed by atoms with Gasteiger partial charge in [0.15, 0.2) is 0 Å². The number of fused-ring (bicyclic) bond motifs is 1. The summed E-state index contributed by atoms with van der Waals surface area (Å²) >= 11 is 0. The van der Waals surface area contributed by atoms with Crippen LogP contribution in [-0.4, -0.2) is 21.5 Å². The van der Waals surface area contributed by atoms with Crippen LogP contribution < -0.4 is 16.4 Å². The van der Waals surface area contributed by atoms with Crippen LogP contribution in [0.2, 0.25) is 0 Å². The van der Waals surface area contributed by atoms with Crippen LogP contribution in [0, 0.1) is 11.3 Å². The predicted octanol–water partition coefficient (Wildman–Crippen LogP) is 2.25. The minimum Gasteiger partial charge on any atom is -0.383 e. The van der Waals surface area contributed by atoms with Crippen LogP contribution in [-0.2, 0) is 19.5 Å². The minimum absolute atomic E-state index is 0.263. The molecule has 0 saturated carbocycles. The molecule has 4 N–H and O–H groups in total. The Labute approximate surface area is 157 Å². The first-order valence-electron chi connectivity index (χ1n) is 8.78. The third-order valence-electron chi connectivity index (χ3n) is 4.60. The zero-order valence-corrected chi connectivity index (χ0v) is 14.7. The zero-order valence-electron chi connectivity index (χ0n) is 14.7. The number of pyridine rings is 1. The fraction of sp³-hybridized carbons (Fsp3) is 0.200. The molecule has 1 aliphatic rings. The van der Waals surface area contributed by atoms with Crippen molar-refractivity contribution in [3.63, 3.8) is 0 Å². The molecule has 0 bridgehead atoms. The van der Waals surface area contributed by atoms with E-state index in [1.807, 2.05) is 30.3 Å². The number of nitrogens with two attached hydrogens (primary N) is 1. The second-order valence-electron chi connectivity index (χ2n) is 6.35. The van der Waals surface area contributed by atoms with E-state index in [4.69, 9.17) is 5.73 Å². The Hall–Kier alpha value is -3.50. The van der Waals surface area contributed by atoms with Gasteiger partial charge in [0.2, 0.25) is 5.95 Å². The fourth-order valence-corrected chi connectivity index (χ4v) is 3.27. The molecule has 0 unspecified atom stereocenters. The molecule has 3 heterocycles. The second kappa shape index (κ2) is 7.40. The van der Waals surface area contributed by atoms with Crippen molar-refractivity contribution < 1.29 is 0 Å². The third-order valence-corrected chi connectivity index (χ3v) is 4.60. The minimum atomic E-state index is 0.263. The van der Waals surface area contributed by atoms with Crippen molar-refractivity contribution in [2.24, 2.45) is 0 Å². The van der Waals surface area contributed by atoms with Gasteiger partial charge in [0.1, 0.15) is 17.5 Å². The summed E-state index contributed by atoms with van der Waals surface area (Å²) in [5.41, 5.74) is 11.0. The molecule has 0 spiro atoms. The first kappa shape index (κ1) is 16.9. The molecule has 7 nitrogen and oxygen atoms in total. The van der Waals surface area contributed by atoms with Gasteiger partial charge in [0, 0.05) is 55.3 Å². The number of nitriles is 1. The standard InChI is InChI=1S/C20H19N7/c21-8-15-18(16-12-23-7-6-17(16)27-19(15)22)14-10-25-20(26-11-14)24-9-13-4-2-1-3-5-13/h1-5,10-11,23H,6-7,9,12H2,(H2,22,27)(H,24,25,26). The van der Waals surface area contributed by atoms with Crippen LogP contribution >= 0.6 is 0 Å². The number of benzene rings is 1. The molecule has 0 aliphatic carbocycles. The highest BCUT2D eigenvalue weighted by molar-refractivity contribution is 5.78. The van der Waals surface area contributed by atoms with Gasteiger partial charge >= 0.3 is 0 Å². The summed E-state index contributed by atoms with van der Waals surface area (Å²) in [6.07, 6.45) is 4.24. The first-order valence-corrected chi connectivity index (χ1v) is 8.78. The van der Waals surface area contributed by atoms with Crippen LogP contribution in [0.5, 0.6) is 0 Å². The Morgan fingerprint density at radius 2 is 1.96 bits per heavy atom. The lowest BCUT2D eigenvalue weighted by molar-refractivity contribution is 0.632. The molecule has 27 heavy (non-hydrogen) atoms. The van der Waals surface area contributed by atoms with E-state index in [0.29, 0.717) is 24.6 Å². The lowest BCUT2D eigenvalue weighted by Crippen LogP contribution is -2.26. The zero-order chi connectivity index (χ0) is 18.6. The summed E-state index contributed by atoms with van der Waals surface area (Å²) in [4.78, 5) is 13.2. The van der Waals surface area contributed by atoms with Crippen molar-refractivity contribution in [1.29, 1.82) is 5.26 Å². The number of nitrogens with zero attached hydrogens (tertiary/aromatic N) is 4. The largest absolute Gasteiger partial charge is 0.383 e. The molecular formula is C20H19N7. The lowest BCUT2D eigenvalue weighted by Gasteiger charge is -2.21. The summed E-state index contributed by atoms with van der Waals surface area (Å²) in [5, 5.41) is 16.1. The number of hydrogen-bond acceptors (Lipinski definition) is 7. The normalized spacial score (nSPS) is 12.9. The summed E-state index contributed by atoms with van der Waals surface area (Å²) in [7, 11) is 0. The predicted molar refractivity (Wildman–Crippen MR) is 104 cm³/mol. The summed E-state index contributed by atoms with van der Waals surface area (Å²) in [6, 6.07) is 12.2. The second-order valence-corrected chi connectivity index (χ2v) is 6.35. The van der Waals surface area contributed by atoms with Gasteiger partial charge in [0.05, 0.1) is 0 Å². The van der Waals surface area contributed by atoms with Crippen molar-refractivity contribution >= 4 is 11.8 Å². The van der Waals surface area contributed by atoms with E-state index < -0.39 is 0 Å². The van der Waals surface area contributed by atoms with Crippen LogP contribution in [0.25, 0.3) is 11.1 Å². The van der Waals surface area contributed by atoms with Crippen molar-refractivity contribution in [2.45, 2.75) is 19.5 Å². The van der Waals surface area contributed by atoms with Gasteiger partial charge < -0.3 is 16.4 Å². The van der Waals surface area contributed by atoms with Crippen LogP contribution in [0.1, 0.15) is 22.4 Å². The first-order chi connectivity index (χ1) is 13.3.